The molecule has 1 heterocycles. The van der Waals surface area contributed by atoms with Crippen LogP contribution in [-0.4, -0.2) is 37.6 Å². The number of amides is 2. The number of benzene rings is 2. The molecule has 2 aromatic carbocycles. The number of primary amides is 1. The van der Waals surface area contributed by atoms with Crippen LogP contribution in [0, 0.1) is 0 Å². The van der Waals surface area contributed by atoms with Crippen LogP contribution in [0.25, 0.3) is 0 Å². The molecule has 0 bridgehead atoms. The number of hydrogen-bond acceptors (Lipinski definition) is 4. The van der Waals surface area contributed by atoms with Crippen molar-refractivity contribution in [2.75, 3.05) is 18.4 Å². The van der Waals surface area contributed by atoms with Gasteiger partial charge in [-0.15, -0.1) is 0 Å². The predicted octanol–water partition coefficient (Wildman–Crippen LogP) is 2.53. The second kappa shape index (κ2) is 9.19. The van der Waals surface area contributed by atoms with Crippen molar-refractivity contribution in [1.82, 2.24) is 4.31 Å². The molecular weight excluding hydrogens is 390 g/mol. The smallest absolute Gasteiger partial charge is 0.255 e. The van der Waals surface area contributed by atoms with Gasteiger partial charge in [-0.25, -0.2) is 8.42 Å². The van der Waals surface area contributed by atoms with Gasteiger partial charge in [0.25, 0.3) is 5.91 Å². The highest BCUT2D eigenvalue weighted by Crippen LogP contribution is 2.21. The summed E-state index contributed by atoms with van der Waals surface area (Å²) in [6.07, 6.45) is 3.90. The van der Waals surface area contributed by atoms with Crippen molar-refractivity contribution in [3.8, 4) is 0 Å². The summed E-state index contributed by atoms with van der Waals surface area (Å²) in [6.45, 7) is 1.02. The van der Waals surface area contributed by atoms with E-state index in [-0.39, 0.29) is 16.9 Å². The number of anilines is 1. The Morgan fingerprint density at radius 3 is 2.24 bits per heavy atom. The van der Waals surface area contributed by atoms with E-state index in [0.717, 1.165) is 31.2 Å². The fourth-order valence-electron chi connectivity index (χ4n) is 3.34. The fraction of sp³-hybridized carbons (Fsp3) is 0.333. The maximum Gasteiger partial charge on any atom is 0.255 e. The molecule has 1 aliphatic heterocycles. The Hall–Kier alpha value is -2.71. The first-order valence-electron chi connectivity index (χ1n) is 9.65. The normalized spacial score (nSPS) is 15.4. The van der Waals surface area contributed by atoms with Gasteiger partial charge in [-0.2, -0.15) is 4.31 Å². The van der Waals surface area contributed by atoms with Gasteiger partial charge in [0.05, 0.1) is 11.3 Å². The highest BCUT2D eigenvalue weighted by Gasteiger charge is 2.25. The van der Waals surface area contributed by atoms with Crippen LogP contribution in [0.15, 0.2) is 53.4 Å². The molecule has 0 radical (unpaired) electrons. The zero-order chi connectivity index (χ0) is 20.9. The molecule has 1 aliphatic rings. The standard InChI is InChI=1S/C21H25N3O4S/c22-20(25)14-16-8-10-18(11-9-16)23-21(26)17-6-5-7-19(15-17)29(27,28)24-12-3-1-2-4-13-24/h5-11,15H,1-4,12-14H2,(H2,22,25)(H,23,26). The SMILES string of the molecule is NC(=O)Cc1ccc(NC(=O)c2cccc(S(=O)(=O)N3CCCCCC3)c2)cc1. The minimum absolute atomic E-state index is 0.129. The number of carbonyl (C=O) groups excluding carboxylic acids is 2. The lowest BCUT2D eigenvalue weighted by atomic mass is 10.1. The van der Waals surface area contributed by atoms with Crippen LogP contribution in [0.1, 0.15) is 41.6 Å². The Balaban J connectivity index is 1.74. The number of sulfonamides is 1. The first-order chi connectivity index (χ1) is 13.9. The van der Waals surface area contributed by atoms with Crippen LogP contribution in [0.3, 0.4) is 0 Å². The molecule has 1 fully saturated rings. The summed E-state index contributed by atoms with van der Waals surface area (Å²) in [4.78, 5) is 23.7. The van der Waals surface area contributed by atoms with Crippen molar-refractivity contribution in [3.05, 3.63) is 59.7 Å². The minimum Gasteiger partial charge on any atom is -0.369 e. The molecule has 0 unspecified atom stereocenters. The lowest BCUT2D eigenvalue weighted by molar-refractivity contribution is -0.117. The third kappa shape index (κ3) is 5.42. The second-order valence-corrected chi connectivity index (χ2v) is 9.08. The summed E-state index contributed by atoms with van der Waals surface area (Å²) in [7, 11) is -3.62. The average Bonchev–Trinajstić information content (AvgIpc) is 2.99. The lowest BCUT2D eigenvalue weighted by Gasteiger charge is -2.20. The Bertz CT molecular complexity index is 979. The van der Waals surface area contributed by atoms with Crippen LogP contribution < -0.4 is 11.1 Å². The maximum absolute atomic E-state index is 13.0. The first kappa shape index (κ1) is 21.0. The van der Waals surface area contributed by atoms with Crippen molar-refractivity contribution in [2.45, 2.75) is 37.0 Å². The quantitative estimate of drug-likeness (QED) is 0.755. The van der Waals surface area contributed by atoms with Crippen LogP contribution in [0.4, 0.5) is 5.69 Å². The van der Waals surface area contributed by atoms with Gasteiger partial charge < -0.3 is 11.1 Å². The van der Waals surface area contributed by atoms with Crippen LogP contribution >= 0.6 is 0 Å². The molecule has 1 saturated heterocycles. The van der Waals surface area contributed by atoms with Gasteiger partial charge in [0.2, 0.25) is 15.9 Å². The summed E-state index contributed by atoms with van der Waals surface area (Å²) >= 11 is 0. The molecule has 7 nitrogen and oxygen atoms in total. The first-order valence-corrected chi connectivity index (χ1v) is 11.1. The number of nitrogens with one attached hydrogen (secondary N) is 1. The van der Waals surface area contributed by atoms with E-state index in [2.05, 4.69) is 5.32 Å². The van der Waals surface area contributed by atoms with Gasteiger partial charge >= 0.3 is 0 Å². The van der Waals surface area contributed by atoms with Gasteiger partial charge in [0.1, 0.15) is 0 Å². The molecule has 0 saturated carbocycles. The molecule has 2 amide bonds. The van der Waals surface area contributed by atoms with Gasteiger partial charge in [0.15, 0.2) is 0 Å². The topological polar surface area (TPSA) is 110 Å². The molecule has 3 N–H and O–H groups in total. The Kier molecular flexibility index (Phi) is 6.66. The lowest BCUT2D eigenvalue weighted by Crippen LogP contribution is -2.32. The van der Waals surface area contributed by atoms with Gasteiger partial charge in [-0.05, 0) is 48.7 Å². The van der Waals surface area contributed by atoms with Gasteiger partial charge in [-0.1, -0.05) is 31.0 Å². The summed E-state index contributed by atoms with van der Waals surface area (Å²) in [5, 5.41) is 2.74. The summed E-state index contributed by atoms with van der Waals surface area (Å²) in [5.41, 5.74) is 6.73. The maximum atomic E-state index is 13.0. The van der Waals surface area contributed by atoms with Crippen molar-refractivity contribution in [1.29, 1.82) is 0 Å². The number of hydrogen-bond donors (Lipinski definition) is 2. The molecular formula is C21H25N3O4S. The van der Waals surface area contributed by atoms with E-state index >= 15 is 0 Å². The number of carbonyl (C=O) groups is 2. The third-order valence-electron chi connectivity index (χ3n) is 4.89. The van der Waals surface area contributed by atoms with Crippen molar-refractivity contribution < 1.29 is 18.0 Å². The Labute approximate surface area is 171 Å². The Morgan fingerprint density at radius 2 is 1.62 bits per heavy atom. The van der Waals surface area contributed by atoms with Crippen LogP contribution in [0.5, 0.6) is 0 Å². The fourth-order valence-corrected chi connectivity index (χ4v) is 4.90. The molecule has 2 aromatic rings. The number of nitrogens with zero attached hydrogens (tertiary/aromatic N) is 1. The summed E-state index contributed by atoms with van der Waals surface area (Å²) in [5.74, 6) is -0.829. The summed E-state index contributed by atoms with van der Waals surface area (Å²) in [6, 6.07) is 12.9. The zero-order valence-electron chi connectivity index (χ0n) is 16.1. The Morgan fingerprint density at radius 1 is 0.966 bits per heavy atom. The molecule has 0 spiro atoms. The molecule has 8 heteroatoms. The highest BCUT2D eigenvalue weighted by molar-refractivity contribution is 7.89. The van der Waals surface area contributed by atoms with Gasteiger partial charge in [-0.3, -0.25) is 9.59 Å². The largest absolute Gasteiger partial charge is 0.369 e. The van der Waals surface area contributed by atoms with Crippen molar-refractivity contribution in [2.24, 2.45) is 5.73 Å². The van der Waals surface area contributed by atoms with Crippen LogP contribution in [-0.2, 0) is 21.2 Å². The van der Waals surface area contributed by atoms with E-state index < -0.39 is 21.8 Å². The van der Waals surface area contributed by atoms with Crippen molar-refractivity contribution in [3.63, 3.8) is 0 Å². The highest BCUT2D eigenvalue weighted by atomic mass is 32.2. The molecule has 154 valence electrons. The predicted molar refractivity (Wildman–Crippen MR) is 111 cm³/mol. The van der Waals surface area contributed by atoms with E-state index in [1.807, 2.05) is 0 Å². The molecule has 3 rings (SSSR count). The van der Waals surface area contributed by atoms with Crippen LogP contribution in [0.2, 0.25) is 0 Å². The average molecular weight is 416 g/mol. The molecule has 0 aromatic heterocycles. The number of nitrogens with two attached hydrogens (primary N) is 1. The second-order valence-electron chi connectivity index (χ2n) is 7.14. The monoisotopic (exact) mass is 415 g/mol. The third-order valence-corrected chi connectivity index (χ3v) is 6.78. The molecule has 0 atom stereocenters. The number of rotatable bonds is 6. The zero-order valence-corrected chi connectivity index (χ0v) is 17.0. The minimum atomic E-state index is -3.62. The van der Waals surface area contributed by atoms with E-state index in [1.165, 1.54) is 16.4 Å². The van der Waals surface area contributed by atoms with Crippen molar-refractivity contribution >= 4 is 27.5 Å². The van der Waals surface area contributed by atoms with E-state index in [9.17, 15) is 18.0 Å². The molecule has 29 heavy (non-hydrogen) atoms. The van der Waals surface area contributed by atoms with E-state index in [0.29, 0.717) is 18.8 Å². The molecule has 0 aliphatic carbocycles. The summed E-state index contributed by atoms with van der Waals surface area (Å²) < 4.78 is 27.4. The van der Waals surface area contributed by atoms with Gasteiger partial charge in [0, 0.05) is 24.3 Å². The van der Waals surface area contributed by atoms with E-state index in [1.54, 1.807) is 36.4 Å². The van der Waals surface area contributed by atoms with E-state index in [4.69, 9.17) is 5.73 Å².